The van der Waals surface area contributed by atoms with Crippen molar-refractivity contribution in [2.24, 2.45) is 10.9 Å². The monoisotopic (exact) mass is 463 g/mol. The van der Waals surface area contributed by atoms with Crippen molar-refractivity contribution in [3.05, 3.63) is 33.4 Å². The van der Waals surface area contributed by atoms with Crippen molar-refractivity contribution in [2.75, 3.05) is 14.2 Å². The van der Waals surface area contributed by atoms with Gasteiger partial charge in [-0.15, -0.1) is 0 Å². The molecule has 0 bridgehead atoms. The molecule has 0 fully saturated rings. The first kappa shape index (κ1) is 21.6. The second kappa shape index (κ2) is 8.69. The Morgan fingerprint density at radius 1 is 1.17 bits per heavy atom. The van der Waals surface area contributed by atoms with E-state index in [4.69, 9.17) is 14.2 Å². The zero-order valence-corrected chi connectivity index (χ0v) is 19.0. The van der Waals surface area contributed by atoms with E-state index in [0.29, 0.717) is 29.2 Å². The van der Waals surface area contributed by atoms with E-state index in [1.165, 1.54) is 0 Å². The molecule has 0 saturated heterocycles. The van der Waals surface area contributed by atoms with Gasteiger partial charge >= 0.3 is 5.97 Å². The Bertz CT molecular complexity index is 903. The lowest BCUT2D eigenvalue weighted by molar-refractivity contribution is -0.150. The Morgan fingerprint density at radius 2 is 1.83 bits per heavy atom. The van der Waals surface area contributed by atoms with Crippen LogP contribution in [0, 0.1) is 5.92 Å². The topological polar surface area (TPSA) is 74.2 Å². The number of hydrogen-bond donors (Lipinski definition) is 0. The van der Waals surface area contributed by atoms with Crippen molar-refractivity contribution in [1.82, 2.24) is 0 Å². The minimum atomic E-state index is -0.674. The molecule has 2 aliphatic rings. The molecular formula is C22H26BrNO5. The summed E-state index contributed by atoms with van der Waals surface area (Å²) < 4.78 is 17.1. The lowest BCUT2D eigenvalue weighted by atomic mass is 9.71. The minimum Gasteiger partial charge on any atom is -0.493 e. The number of ether oxygens (including phenoxy) is 3. The molecule has 0 spiro atoms. The predicted octanol–water partition coefficient (Wildman–Crippen LogP) is 4.60. The van der Waals surface area contributed by atoms with Crippen LogP contribution in [-0.4, -0.2) is 37.8 Å². The maximum atomic E-state index is 13.1. The summed E-state index contributed by atoms with van der Waals surface area (Å²) in [5, 5.41) is 0. The number of hydrogen-bond acceptors (Lipinski definition) is 6. The number of allylic oxidation sites excluding steroid dienone is 2. The van der Waals surface area contributed by atoms with E-state index in [2.05, 4.69) is 20.9 Å². The van der Waals surface area contributed by atoms with Crippen LogP contribution in [0.4, 0.5) is 0 Å². The fourth-order valence-electron chi connectivity index (χ4n) is 4.06. The van der Waals surface area contributed by atoms with Crippen LogP contribution in [0.3, 0.4) is 0 Å². The normalized spacial score (nSPS) is 21.6. The smallest absolute Gasteiger partial charge is 0.315 e. The first-order chi connectivity index (χ1) is 13.8. The molecule has 0 amide bonds. The van der Waals surface area contributed by atoms with Crippen LogP contribution in [0.2, 0.25) is 0 Å². The molecule has 1 unspecified atom stereocenters. The Kier molecular flexibility index (Phi) is 6.46. The van der Waals surface area contributed by atoms with Crippen LogP contribution in [-0.2, 0) is 14.3 Å². The van der Waals surface area contributed by atoms with Gasteiger partial charge in [0.05, 0.1) is 20.3 Å². The molecule has 6 nitrogen and oxygen atoms in total. The maximum Gasteiger partial charge on any atom is 0.315 e. The summed E-state index contributed by atoms with van der Waals surface area (Å²) in [7, 11) is 3.12. The highest BCUT2D eigenvalue weighted by atomic mass is 79.9. The van der Waals surface area contributed by atoms with Crippen LogP contribution < -0.4 is 9.47 Å². The van der Waals surface area contributed by atoms with Crippen LogP contribution >= 0.6 is 15.9 Å². The quantitative estimate of drug-likeness (QED) is 0.596. The fraction of sp³-hybridized carbons (Fsp3) is 0.500. The van der Waals surface area contributed by atoms with E-state index in [0.717, 1.165) is 28.6 Å². The predicted molar refractivity (Wildman–Crippen MR) is 114 cm³/mol. The number of nitrogens with zero attached hydrogens (tertiary/aromatic N) is 1. The molecule has 0 saturated carbocycles. The largest absolute Gasteiger partial charge is 0.493 e. The minimum absolute atomic E-state index is 0.0385. The zero-order valence-electron chi connectivity index (χ0n) is 17.4. The van der Waals surface area contributed by atoms with Crippen molar-refractivity contribution in [2.45, 2.75) is 52.1 Å². The highest BCUT2D eigenvalue weighted by Gasteiger charge is 2.44. The SMILES string of the molecule is COc1cc(Br)c([C@@H]2C3=C(CCCC3=O)N=C(C)C2C(=O)OC(C)C)cc1OC. The molecule has 156 valence electrons. The van der Waals surface area contributed by atoms with E-state index in [1.54, 1.807) is 20.3 Å². The summed E-state index contributed by atoms with van der Waals surface area (Å²) in [6, 6.07) is 3.63. The molecule has 1 aliphatic heterocycles. The number of carbonyl (C=O) groups excluding carboxylic acids is 2. The summed E-state index contributed by atoms with van der Waals surface area (Å²) in [6.45, 7) is 5.45. The van der Waals surface area contributed by atoms with Gasteiger partial charge in [0, 0.05) is 33.8 Å². The summed E-state index contributed by atoms with van der Waals surface area (Å²) in [5.41, 5.74) is 2.83. The third-order valence-corrected chi connectivity index (χ3v) is 5.96. The lowest BCUT2D eigenvalue weighted by Crippen LogP contribution is -2.38. The number of ketones is 1. The maximum absolute atomic E-state index is 13.1. The van der Waals surface area contributed by atoms with Gasteiger partial charge in [-0.25, -0.2) is 0 Å². The molecule has 0 radical (unpaired) electrons. The molecule has 0 N–H and O–H groups in total. The average molecular weight is 464 g/mol. The average Bonchev–Trinajstić information content (AvgIpc) is 2.66. The van der Waals surface area contributed by atoms with Crippen LogP contribution in [0.25, 0.3) is 0 Å². The Labute approximate surface area is 179 Å². The van der Waals surface area contributed by atoms with Gasteiger partial charge < -0.3 is 14.2 Å². The van der Waals surface area contributed by atoms with Gasteiger partial charge in [0.25, 0.3) is 0 Å². The number of rotatable bonds is 5. The van der Waals surface area contributed by atoms with Crippen molar-refractivity contribution in [3.63, 3.8) is 0 Å². The van der Waals surface area contributed by atoms with Crippen LogP contribution in [0.5, 0.6) is 11.5 Å². The van der Waals surface area contributed by atoms with Gasteiger partial charge in [-0.05, 0) is 51.3 Å². The third kappa shape index (κ3) is 4.10. The van der Waals surface area contributed by atoms with Gasteiger partial charge in [-0.2, -0.15) is 0 Å². The van der Waals surface area contributed by atoms with Gasteiger partial charge in [0.15, 0.2) is 17.3 Å². The third-order valence-electron chi connectivity index (χ3n) is 5.28. The Morgan fingerprint density at radius 3 is 2.45 bits per heavy atom. The van der Waals surface area contributed by atoms with Gasteiger partial charge in [0.2, 0.25) is 0 Å². The second-order valence-corrected chi connectivity index (χ2v) is 8.41. The second-order valence-electron chi connectivity index (χ2n) is 7.56. The lowest BCUT2D eigenvalue weighted by Gasteiger charge is -2.35. The summed E-state index contributed by atoms with van der Waals surface area (Å²) in [6.07, 6.45) is 1.70. The zero-order chi connectivity index (χ0) is 21.3. The van der Waals surface area contributed by atoms with E-state index in [-0.39, 0.29) is 17.9 Å². The molecule has 1 aliphatic carbocycles. The van der Waals surface area contributed by atoms with E-state index in [9.17, 15) is 9.59 Å². The number of carbonyl (C=O) groups is 2. The molecule has 1 aromatic rings. The first-order valence-electron chi connectivity index (χ1n) is 9.71. The number of aliphatic imine (C=N–C) groups is 1. The number of benzene rings is 1. The van der Waals surface area contributed by atoms with Gasteiger partial charge in [-0.3, -0.25) is 14.6 Å². The van der Waals surface area contributed by atoms with E-state index >= 15 is 0 Å². The first-order valence-corrected chi connectivity index (χ1v) is 10.5. The van der Waals surface area contributed by atoms with Crippen molar-refractivity contribution in [1.29, 1.82) is 0 Å². The van der Waals surface area contributed by atoms with Crippen LogP contribution in [0.15, 0.2) is 32.9 Å². The summed E-state index contributed by atoms with van der Waals surface area (Å²) >= 11 is 3.61. The summed E-state index contributed by atoms with van der Waals surface area (Å²) in [5.74, 6) is -0.403. The summed E-state index contributed by atoms with van der Waals surface area (Å²) in [4.78, 5) is 30.7. The molecule has 3 rings (SSSR count). The number of halogens is 1. The standard InChI is InChI=1S/C22H26BrNO5/c1-11(2)29-22(26)19-12(3)24-15-7-6-8-16(25)21(15)20(19)13-9-17(27-4)18(28-5)10-14(13)23/h9-11,19-20H,6-8H2,1-5H3/t19?,20-/m0/s1. The van der Waals surface area contributed by atoms with Gasteiger partial charge in [-0.1, -0.05) is 15.9 Å². The molecule has 0 aromatic heterocycles. The van der Waals surface area contributed by atoms with E-state index < -0.39 is 11.8 Å². The Balaban J connectivity index is 2.22. The highest BCUT2D eigenvalue weighted by Crippen LogP contribution is 2.47. The molecule has 2 atom stereocenters. The van der Waals surface area contributed by atoms with Crippen molar-refractivity contribution in [3.8, 4) is 11.5 Å². The van der Waals surface area contributed by atoms with Crippen molar-refractivity contribution < 1.29 is 23.8 Å². The molecule has 7 heteroatoms. The molecule has 1 heterocycles. The van der Waals surface area contributed by atoms with Gasteiger partial charge in [0.1, 0.15) is 5.92 Å². The van der Waals surface area contributed by atoms with E-state index in [1.807, 2.05) is 26.8 Å². The Hall–Kier alpha value is -2.15. The molecule has 29 heavy (non-hydrogen) atoms. The highest BCUT2D eigenvalue weighted by molar-refractivity contribution is 9.10. The molecular weight excluding hydrogens is 438 g/mol. The van der Waals surface area contributed by atoms with Crippen LogP contribution in [0.1, 0.15) is 51.5 Å². The number of Topliss-reactive ketones (excluding diaryl/α,β-unsaturated/α-hetero) is 1. The molecule has 1 aromatic carbocycles. The number of methoxy groups -OCH3 is 2. The van der Waals surface area contributed by atoms with Crippen molar-refractivity contribution >= 4 is 33.4 Å². The fourth-order valence-corrected chi connectivity index (χ4v) is 4.63. The number of esters is 1.